The number of nitriles is 1. The highest BCUT2D eigenvalue weighted by Crippen LogP contribution is 2.32. The topological polar surface area (TPSA) is 75.0 Å². The van der Waals surface area contributed by atoms with E-state index in [0.717, 1.165) is 23.2 Å². The van der Waals surface area contributed by atoms with Crippen molar-refractivity contribution in [2.75, 3.05) is 12.4 Å². The van der Waals surface area contributed by atoms with Crippen LogP contribution in [0.4, 0.5) is 5.69 Å². The highest BCUT2D eigenvalue weighted by atomic mass is 16.5. The summed E-state index contributed by atoms with van der Waals surface area (Å²) in [7, 11) is 1.47. The van der Waals surface area contributed by atoms with Gasteiger partial charge in [0.1, 0.15) is 11.8 Å². The number of nitrogens with zero attached hydrogens (tertiary/aromatic N) is 2. The second-order valence-electron chi connectivity index (χ2n) is 8.49. The summed E-state index contributed by atoms with van der Waals surface area (Å²) in [4.78, 5) is 17.4. The zero-order valence-electron chi connectivity index (χ0n) is 17.8. The van der Waals surface area contributed by atoms with E-state index < -0.39 is 0 Å². The third-order valence-electron chi connectivity index (χ3n) is 4.60. The van der Waals surface area contributed by atoms with Gasteiger partial charge in [-0.3, -0.25) is 9.78 Å². The maximum Gasteiger partial charge on any atom is 0.259 e. The summed E-state index contributed by atoms with van der Waals surface area (Å²) in [6, 6.07) is 7.68. The Morgan fingerprint density at radius 3 is 2.50 bits per heavy atom. The van der Waals surface area contributed by atoms with Gasteiger partial charge >= 0.3 is 0 Å². The van der Waals surface area contributed by atoms with Crippen LogP contribution in [0, 0.1) is 24.2 Å². The van der Waals surface area contributed by atoms with Crippen molar-refractivity contribution in [1.29, 1.82) is 5.26 Å². The Bertz CT molecular complexity index is 919. The van der Waals surface area contributed by atoms with E-state index in [1.165, 1.54) is 7.11 Å². The summed E-state index contributed by atoms with van der Waals surface area (Å²) in [5.74, 6) is 0.462. The average Bonchev–Trinajstić information content (AvgIpc) is 2.61. The zero-order chi connectivity index (χ0) is 21.1. The Kier molecular flexibility index (Phi) is 6.45. The van der Waals surface area contributed by atoms with Gasteiger partial charge in [0.25, 0.3) is 5.91 Å². The smallest absolute Gasteiger partial charge is 0.259 e. The Balaban J connectivity index is 2.45. The van der Waals surface area contributed by atoms with Crippen molar-refractivity contribution in [3.63, 3.8) is 0 Å². The number of methoxy groups -OCH3 is 1. The second-order valence-corrected chi connectivity index (χ2v) is 8.49. The Morgan fingerprint density at radius 2 is 1.96 bits per heavy atom. The normalized spacial score (nSPS) is 11.2. The van der Waals surface area contributed by atoms with Gasteiger partial charge in [-0.05, 0) is 54.0 Å². The van der Waals surface area contributed by atoms with Gasteiger partial charge in [-0.1, -0.05) is 34.6 Å². The number of nitrogens with one attached hydrogen (secondary N) is 1. The van der Waals surface area contributed by atoms with Crippen LogP contribution in [0.3, 0.4) is 0 Å². The summed E-state index contributed by atoms with van der Waals surface area (Å²) in [6.07, 6.45) is 2.55. The number of hydrogen-bond donors (Lipinski definition) is 1. The van der Waals surface area contributed by atoms with Crippen molar-refractivity contribution in [3.8, 4) is 11.8 Å². The molecule has 1 amide bonds. The lowest BCUT2D eigenvalue weighted by Gasteiger charge is -2.22. The van der Waals surface area contributed by atoms with Gasteiger partial charge in [-0.2, -0.15) is 5.26 Å². The molecule has 28 heavy (non-hydrogen) atoms. The summed E-state index contributed by atoms with van der Waals surface area (Å²) >= 11 is 0. The number of carbonyl (C=O) groups excluding carboxylic acids is 1. The maximum atomic E-state index is 13.0. The molecule has 5 nitrogen and oxygen atoms in total. The van der Waals surface area contributed by atoms with Gasteiger partial charge in [-0.15, -0.1) is 0 Å². The van der Waals surface area contributed by atoms with Crippen molar-refractivity contribution < 1.29 is 9.53 Å². The Morgan fingerprint density at radius 1 is 1.29 bits per heavy atom. The molecule has 0 spiro atoms. The van der Waals surface area contributed by atoms with Crippen LogP contribution < -0.4 is 10.1 Å². The summed E-state index contributed by atoms with van der Waals surface area (Å²) in [6.45, 7) is 12.4. The van der Waals surface area contributed by atoms with Crippen LogP contribution in [0.1, 0.15) is 67.4 Å². The number of aromatic nitrogens is 1. The minimum absolute atomic E-state index is 0.206. The number of rotatable bonds is 5. The molecule has 1 heterocycles. The van der Waals surface area contributed by atoms with Gasteiger partial charge < -0.3 is 10.1 Å². The van der Waals surface area contributed by atoms with E-state index in [1.807, 2.05) is 33.8 Å². The Labute approximate surface area is 167 Å². The van der Waals surface area contributed by atoms with Gasteiger partial charge in [0.15, 0.2) is 0 Å². The van der Waals surface area contributed by atoms with Crippen molar-refractivity contribution in [2.45, 2.75) is 53.4 Å². The number of hydrogen-bond acceptors (Lipinski definition) is 4. The standard InChI is InChI=1S/C23H29N3O2/c1-14(2)8-16-10-19(13-25-15(16)3)26-22(27)20-11-18(23(4,5)6)9-17(12-24)21(20)28-7/h9-11,13-14H,8H2,1-7H3,(H,26,27). The molecule has 2 aromatic rings. The molecule has 0 aliphatic carbocycles. The van der Waals surface area contributed by atoms with Gasteiger partial charge in [0.05, 0.1) is 30.1 Å². The molecule has 0 radical (unpaired) electrons. The first-order valence-electron chi connectivity index (χ1n) is 9.46. The van der Waals surface area contributed by atoms with Crippen molar-refractivity contribution in [3.05, 3.63) is 52.3 Å². The van der Waals surface area contributed by atoms with Crippen LogP contribution >= 0.6 is 0 Å². The molecule has 1 aromatic heterocycles. The molecular formula is C23H29N3O2. The number of pyridine rings is 1. The minimum Gasteiger partial charge on any atom is -0.495 e. The monoisotopic (exact) mass is 379 g/mol. The number of carbonyl (C=O) groups is 1. The fraction of sp³-hybridized carbons (Fsp3) is 0.435. The van der Waals surface area contributed by atoms with Crippen molar-refractivity contribution >= 4 is 11.6 Å². The molecule has 0 bridgehead atoms. The largest absolute Gasteiger partial charge is 0.495 e. The highest BCUT2D eigenvalue weighted by molar-refractivity contribution is 6.06. The molecule has 0 aliphatic heterocycles. The maximum absolute atomic E-state index is 13.0. The van der Waals surface area contributed by atoms with Gasteiger partial charge in [0, 0.05) is 5.69 Å². The number of ether oxygens (including phenoxy) is 1. The molecule has 1 N–H and O–H groups in total. The number of benzene rings is 1. The average molecular weight is 380 g/mol. The first kappa shape index (κ1) is 21.4. The molecular weight excluding hydrogens is 350 g/mol. The number of amides is 1. The van der Waals surface area contributed by atoms with Crippen LogP contribution in [-0.4, -0.2) is 18.0 Å². The van der Waals surface area contributed by atoms with Gasteiger partial charge in [0.2, 0.25) is 0 Å². The first-order valence-corrected chi connectivity index (χ1v) is 9.46. The van der Waals surface area contributed by atoms with E-state index in [1.54, 1.807) is 18.3 Å². The zero-order valence-corrected chi connectivity index (χ0v) is 17.8. The van der Waals surface area contributed by atoms with Crippen LogP contribution in [0.25, 0.3) is 0 Å². The van der Waals surface area contributed by atoms with Crippen LogP contribution in [0.2, 0.25) is 0 Å². The lowest BCUT2D eigenvalue weighted by Crippen LogP contribution is -2.18. The third-order valence-corrected chi connectivity index (χ3v) is 4.60. The summed E-state index contributed by atoms with van der Waals surface area (Å²) in [5.41, 5.74) is 4.10. The molecule has 0 unspecified atom stereocenters. The molecule has 2 rings (SSSR count). The molecule has 0 aliphatic rings. The van der Waals surface area contributed by atoms with E-state index in [0.29, 0.717) is 22.7 Å². The quantitative estimate of drug-likeness (QED) is 0.791. The number of aryl methyl sites for hydroxylation is 1. The molecule has 1 aromatic carbocycles. The fourth-order valence-electron chi connectivity index (χ4n) is 3.03. The lowest BCUT2D eigenvalue weighted by atomic mass is 9.84. The minimum atomic E-state index is -0.319. The lowest BCUT2D eigenvalue weighted by molar-refractivity contribution is 0.102. The molecule has 5 heteroatoms. The fourth-order valence-corrected chi connectivity index (χ4v) is 3.03. The second kappa shape index (κ2) is 8.43. The molecule has 0 saturated heterocycles. The van der Waals surface area contributed by atoms with E-state index in [2.05, 4.69) is 30.2 Å². The molecule has 0 saturated carbocycles. The summed E-state index contributed by atoms with van der Waals surface area (Å²) < 4.78 is 5.39. The predicted molar refractivity (Wildman–Crippen MR) is 112 cm³/mol. The molecule has 148 valence electrons. The van der Waals surface area contributed by atoms with Gasteiger partial charge in [-0.25, -0.2) is 0 Å². The first-order chi connectivity index (χ1) is 13.1. The van der Waals surface area contributed by atoms with Crippen LogP contribution in [0.5, 0.6) is 5.75 Å². The number of anilines is 1. The van der Waals surface area contributed by atoms with Crippen LogP contribution in [0.15, 0.2) is 24.4 Å². The van der Waals surface area contributed by atoms with Crippen molar-refractivity contribution in [1.82, 2.24) is 4.98 Å². The molecule has 0 fully saturated rings. The van der Waals surface area contributed by atoms with E-state index >= 15 is 0 Å². The Hall–Kier alpha value is -2.87. The summed E-state index contributed by atoms with van der Waals surface area (Å²) in [5, 5.41) is 12.4. The van der Waals surface area contributed by atoms with E-state index in [-0.39, 0.29) is 17.1 Å². The van der Waals surface area contributed by atoms with E-state index in [9.17, 15) is 10.1 Å². The third kappa shape index (κ3) is 4.89. The SMILES string of the molecule is COc1c(C#N)cc(C(C)(C)C)cc1C(=O)Nc1cnc(C)c(CC(C)C)c1. The predicted octanol–water partition coefficient (Wildman–Crippen LogP) is 5.02. The van der Waals surface area contributed by atoms with Crippen molar-refractivity contribution in [2.24, 2.45) is 5.92 Å². The highest BCUT2D eigenvalue weighted by Gasteiger charge is 2.23. The molecule has 0 atom stereocenters. The van der Waals surface area contributed by atoms with E-state index in [4.69, 9.17) is 4.74 Å². The van der Waals surface area contributed by atoms with Crippen LogP contribution in [-0.2, 0) is 11.8 Å².